The highest BCUT2D eigenvalue weighted by Gasteiger charge is 2.31. The fourth-order valence-electron chi connectivity index (χ4n) is 3.57. The van der Waals surface area contributed by atoms with Crippen LogP contribution in [0.1, 0.15) is 36.1 Å². The maximum atomic E-state index is 10.6. The van der Waals surface area contributed by atoms with Gasteiger partial charge in [-0.3, -0.25) is 0 Å². The van der Waals surface area contributed by atoms with Crippen LogP contribution in [0, 0.1) is 0 Å². The number of phenols is 2. The van der Waals surface area contributed by atoms with Crippen molar-refractivity contribution in [1.82, 2.24) is 5.32 Å². The molecular weight excluding hydrogens is 318 g/mol. The van der Waals surface area contributed by atoms with Crippen molar-refractivity contribution in [2.75, 3.05) is 7.11 Å². The number of ether oxygens (including phenoxy) is 1. The van der Waals surface area contributed by atoms with Crippen LogP contribution in [0.15, 0.2) is 36.4 Å². The molecule has 4 N–H and O–H groups in total. The van der Waals surface area contributed by atoms with Crippen LogP contribution >= 0.6 is 0 Å². The molecule has 25 heavy (non-hydrogen) atoms. The van der Waals surface area contributed by atoms with E-state index in [2.05, 4.69) is 12.2 Å². The average Bonchev–Trinajstić information content (AvgIpc) is 2.61. The van der Waals surface area contributed by atoms with E-state index in [4.69, 9.17) is 4.74 Å². The smallest absolute Gasteiger partial charge is 0.161 e. The number of methoxy groups -OCH3 is 1. The fourth-order valence-corrected chi connectivity index (χ4v) is 3.57. The summed E-state index contributed by atoms with van der Waals surface area (Å²) < 4.78 is 5.17. The van der Waals surface area contributed by atoms with E-state index in [1.54, 1.807) is 13.2 Å². The zero-order chi connectivity index (χ0) is 18.0. The number of aliphatic hydroxyl groups excluding tert-OH is 1. The Morgan fingerprint density at radius 3 is 2.56 bits per heavy atom. The highest BCUT2D eigenvalue weighted by Crippen LogP contribution is 2.39. The highest BCUT2D eigenvalue weighted by molar-refractivity contribution is 5.51. The largest absolute Gasteiger partial charge is 0.504 e. The molecule has 0 spiro atoms. The quantitative estimate of drug-likeness (QED) is 0.628. The standard InChI is InChI=1S/C20H25NO4/c1-12(11-13-3-5-14(25-2)6-4-13)21-17-9-7-16-15(19(17)23)8-10-18(22)20(16)24/h3-6,8,10,12,17,19,21-24H,7,9,11H2,1-2H3/t12?,17-,19-/m1/s1. The molecule has 5 heteroatoms. The van der Waals surface area contributed by atoms with E-state index in [1.807, 2.05) is 24.3 Å². The normalized spacial score (nSPS) is 20.8. The van der Waals surface area contributed by atoms with E-state index in [-0.39, 0.29) is 23.6 Å². The molecule has 1 aliphatic carbocycles. The van der Waals surface area contributed by atoms with Crippen molar-refractivity contribution in [3.63, 3.8) is 0 Å². The van der Waals surface area contributed by atoms with E-state index >= 15 is 0 Å². The number of aromatic hydroxyl groups is 2. The van der Waals surface area contributed by atoms with Crippen LogP contribution < -0.4 is 10.1 Å². The minimum Gasteiger partial charge on any atom is -0.504 e. The van der Waals surface area contributed by atoms with Crippen LogP contribution in [-0.4, -0.2) is 34.5 Å². The van der Waals surface area contributed by atoms with Crippen LogP contribution in [0.5, 0.6) is 17.2 Å². The Morgan fingerprint density at radius 1 is 1.16 bits per heavy atom. The fraction of sp³-hybridized carbons (Fsp3) is 0.400. The van der Waals surface area contributed by atoms with Gasteiger partial charge in [-0.1, -0.05) is 18.2 Å². The molecule has 134 valence electrons. The van der Waals surface area contributed by atoms with Gasteiger partial charge in [0.15, 0.2) is 11.5 Å². The third-order valence-corrected chi connectivity index (χ3v) is 4.90. The van der Waals surface area contributed by atoms with Crippen molar-refractivity contribution < 1.29 is 20.1 Å². The predicted octanol–water partition coefficient (Wildman–Crippen LogP) is 2.68. The molecule has 0 aromatic heterocycles. The van der Waals surface area contributed by atoms with Gasteiger partial charge in [0, 0.05) is 17.6 Å². The zero-order valence-corrected chi connectivity index (χ0v) is 14.6. The topological polar surface area (TPSA) is 82.0 Å². The number of phenolic OH excluding ortho intramolecular Hbond substituents is 2. The monoisotopic (exact) mass is 343 g/mol. The summed E-state index contributed by atoms with van der Waals surface area (Å²) in [5.41, 5.74) is 2.54. The summed E-state index contributed by atoms with van der Waals surface area (Å²) >= 11 is 0. The summed E-state index contributed by atoms with van der Waals surface area (Å²) in [4.78, 5) is 0. The Morgan fingerprint density at radius 2 is 1.88 bits per heavy atom. The maximum absolute atomic E-state index is 10.6. The first-order chi connectivity index (χ1) is 12.0. The molecule has 3 rings (SSSR count). The van der Waals surface area contributed by atoms with Crippen molar-refractivity contribution >= 4 is 0 Å². The van der Waals surface area contributed by atoms with Crippen LogP contribution in [-0.2, 0) is 12.8 Å². The summed E-state index contributed by atoms with van der Waals surface area (Å²) in [6.45, 7) is 2.10. The van der Waals surface area contributed by atoms with E-state index in [1.165, 1.54) is 11.6 Å². The Kier molecular flexibility index (Phi) is 5.16. The first-order valence-corrected chi connectivity index (χ1v) is 8.60. The molecule has 1 aliphatic rings. The predicted molar refractivity (Wildman–Crippen MR) is 96.1 cm³/mol. The summed E-state index contributed by atoms with van der Waals surface area (Å²) in [6.07, 6.45) is 1.48. The molecule has 3 atom stereocenters. The van der Waals surface area contributed by atoms with Crippen molar-refractivity contribution in [2.24, 2.45) is 0 Å². The van der Waals surface area contributed by atoms with E-state index in [0.717, 1.165) is 12.2 Å². The first kappa shape index (κ1) is 17.6. The molecular formula is C20H25NO4. The van der Waals surface area contributed by atoms with Gasteiger partial charge in [0.2, 0.25) is 0 Å². The maximum Gasteiger partial charge on any atom is 0.161 e. The van der Waals surface area contributed by atoms with Gasteiger partial charge in [0.25, 0.3) is 0 Å². The molecule has 1 unspecified atom stereocenters. The van der Waals surface area contributed by atoms with Gasteiger partial charge < -0.3 is 25.4 Å². The molecule has 0 amide bonds. The van der Waals surface area contributed by atoms with Gasteiger partial charge >= 0.3 is 0 Å². The zero-order valence-electron chi connectivity index (χ0n) is 14.6. The summed E-state index contributed by atoms with van der Waals surface area (Å²) in [7, 11) is 1.65. The molecule has 0 bridgehead atoms. The Hall–Kier alpha value is -2.24. The number of benzene rings is 2. The molecule has 0 fully saturated rings. The molecule has 2 aromatic carbocycles. The molecule has 5 nitrogen and oxygen atoms in total. The van der Waals surface area contributed by atoms with Crippen LogP contribution in [0.25, 0.3) is 0 Å². The Bertz CT molecular complexity index is 729. The molecule has 0 aliphatic heterocycles. The van der Waals surface area contributed by atoms with Gasteiger partial charge in [-0.05, 0) is 55.5 Å². The Labute approximate surface area is 147 Å². The second kappa shape index (κ2) is 7.33. The van der Waals surface area contributed by atoms with Crippen LogP contribution in [0.4, 0.5) is 0 Å². The van der Waals surface area contributed by atoms with E-state index in [9.17, 15) is 15.3 Å². The number of nitrogens with one attached hydrogen (secondary N) is 1. The lowest BCUT2D eigenvalue weighted by molar-refractivity contribution is 0.108. The van der Waals surface area contributed by atoms with Gasteiger partial charge in [-0.2, -0.15) is 0 Å². The number of fused-ring (bicyclic) bond motifs is 1. The molecule has 0 radical (unpaired) electrons. The average molecular weight is 343 g/mol. The van der Waals surface area contributed by atoms with E-state index < -0.39 is 6.10 Å². The van der Waals surface area contributed by atoms with Crippen molar-refractivity contribution in [3.05, 3.63) is 53.1 Å². The number of hydrogen-bond acceptors (Lipinski definition) is 5. The lowest BCUT2D eigenvalue weighted by Gasteiger charge is -2.33. The second-order valence-corrected chi connectivity index (χ2v) is 6.71. The number of hydrogen-bond donors (Lipinski definition) is 4. The molecule has 0 saturated heterocycles. The van der Waals surface area contributed by atoms with Crippen molar-refractivity contribution in [3.8, 4) is 17.2 Å². The van der Waals surface area contributed by atoms with Crippen LogP contribution in [0.2, 0.25) is 0 Å². The number of rotatable bonds is 5. The third kappa shape index (κ3) is 3.72. The summed E-state index contributed by atoms with van der Waals surface area (Å²) in [6, 6.07) is 11.2. The third-order valence-electron chi connectivity index (χ3n) is 4.90. The lowest BCUT2D eigenvalue weighted by atomic mass is 9.84. The van der Waals surface area contributed by atoms with Crippen LogP contribution in [0.3, 0.4) is 0 Å². The van der Waals surface area contributed by atoms with Gasteiger partial charge in [-0.25, -0.2) is 0 Å². The SMILES string of the molecule is COc1ccc(CC(C)N[C@@H]2CCc3c(ccc(O)c3O)[C@H]2O)cc1. The molecule has 0 saturated carbocycles. The minimum absolute atomic E-state index is 0.0790. The number of aliphatic hydroxyl groups is 1. The van der Waals surface area contributed by atoms with E-state index in [0.29, 0.717) is 24.0 Å². The second-order valence-electron chi connectivity index (χ2n) is 6.71. The van der Waals surface area contributed by atoms with Crippen molar-refractivity contribution in [2.45, 2.75) is 44.4 Å². The van der Waals surface area contributed by atoms with Gasteiger partial charge in [0.1, 0.15) is 5.75 Å². The first-order valence-electron chi connectivity index (χ1n) is 8.60. The summed E-state index contributed by atoms with van der Waals surface area (Å²) in [5.74, 6) is 0.596. The molecule has 2 aromatic rings. The molecule has 0 heterocycles. The highest BCUT2D eigenvalue weighted by atomic mass is 16.5. The minimum atomic E-state index is -0.700. The van der Waals surface area contributed by atoms with Crippen molar-refractivity contribution in [1.29, 1.82) is 0 Å². The Balaban J connectivity index is 1.65. The van der Waals surface area contributed by atoms with Gasteiger partial charge in [0.05, 0.1) is 13.2 Å². The lowest BCUT2D eigenvalue weighted by Crippen LogP contribution is -2.43. The summed E-state index contributed by atoms with van der Waals surface area (Å²) in [5, 5.41) is 33.7. The van der Waals surface area contributed by atoms with Gasteiger partial charge in [-0.15, -0.1) is 0 Å².